The molecule has 0 aliphatic rings. The van der Waals surface area contributed by atoms with E-state index < -0.39 is 12.5 Å². The maximum absolute atomic E-state index is 11.3. The molecule has 5 nitrogen and oxygen atoms in total. The molecule has 0 heterocycles. The average molecular weight is 275 g/mol. The van der Waals surface area contributed by atoms with Gasteiger partial charge in [0.1, 0.15) is 0 Å². The average Bonchev–Trinajstić information content (AvgIpc) is 2.15. The number of para-hydroxylation sites is 1. The molecular weight excluding hydrogens is 264 g/mol. The van der Waals surface area contributed by atoms with E-state index in [1.807, 2.05) is 0 Å². The van der Waals surface area contributed by atoms with Crippen LogP contribution in [-0.2, 0) is 24.3 Å². The minimum Gasteiger partial charge on any atom is -0.872 e. The van der Waals surface area contributed by atoms with E-state index in [1.54, 1.807) is 25.1 Å². The van der Waals surface area contributed by atoms with Crippen LogP contribution in [0.1, 0.15) is 12.5 Å². The summed E-state index contributed by atoms with van der Waals surface area (Å²) >= 11 is 0. The number of carboxylic acid groups (broad SMARTS) is 1. The summed E-state index contributed by atoms with van der Waals surface area (Å²) in [4.78, 5) is 13.8. The third-order valence-corrected chi connectivity index (χ3v) is 1.72. The van der Waals surface area contributed by atoms with Crippen LogP contribution in [0.2, 0.25) is 0 Å². The van der Waals surface area contributed by atoms with Crippen LogP contribution in [0.15, 0.2) is 29.3 Å². The zero-order valence-electron chi connectivity index (χ0n) is 8.90. The largest absolute Gasteiger partial charge is 2.00 e. The van der Waals surface area contributed by atoms with E-state index in [4.69, 9.17) is 0 Å². The van der Waals surface area contributed by atoms with Crippen LogP contribution < -0.4 is 10.2 Å². The summed E-state index contributed by atoms with van der Waals surface area (Å²) in [5.41, 5.74) is 0.841. The Bertz CT molecular complexity index is 379. The van der Waals surface area contributed by atoms with Crippen molar-refractivity contribution in [1.82, 2.24) is 0 Å². The van der Waals surface area contributed by atoms with Gasteiger partial charge in [0.25, 0.3) is 0 Å². The Labute approximate surface area is 106 Å². The van der Waals surface area contributed by atoms with Crippen LogP contribution in [0.5, 0.6) is 5.75 Å². The van der Waals surface area contributed by atoms with Gasteiger partial charge in [0.15, 0.2) is 0 Å². The second kappa shape index (κ2) is 7.96. The molecule has 0 saturated carbocycles. The van der Waals surface area contributed by atoms with Crippen molar-refractivity contribution < 1.29 is 40.0 Å². The molecule has 0 aromatic heterocycles. The van der Waals surface area contributed by atoms with Gasteiger partial charge in [0.2, 0.25) is 0 Å². The summed E-state index contributed by atoms with van der Waals surface area (Å²) in [6.45, 7) is 1.18. The molecule has 0 unspecified atom stereocenters. The van der Waals surface area contributed by atoms with Gasteiger partial charge in [-0.25, -0.2) is 0 Å². The van der Waals surface area contributed by atoms with E-state index in [-0.39, 0.29) is 30.7 Å². The predicted octanol–water partition coefficient (Wildman–Crippen LogP) is -1.51. The molecule has 0 radical (unpaired) electrons. The molecule has 0 atom stereocenters. The number of carboxylic acids is 1. The first-order chi connectivity index (χ1) is 6.61. The summed E-state index contributed by atoms with van der Waals surface area (Å²) in [5, 5.41) is 21.4. The molecular formula is C10H11NO4Zn. The summed E-state index contributed by atoms with van der Waals surface area (Å²) in [6, 6.07) is 6.34. The van der Waals surface area contributed by atoms with Crippen LogP contribution in [0.4, 0.5) is 0 Å². The molecule has 0 aliphatic carbocycles. The second-order valence-corrected chi connectivity index (χ2v) is 2.77. The van der Waals surface area contributed by atoms with Gasteiger partial charge in [0.05, 0.1) is 12.5 Å². The maximum atomic E-state index is 11.3. The Morgan fingerprint density at radius 1 is 1.38 bits per heavy atom. The van der Waals surface area contributed by atoms with Crippen LogP contribution >= 0.6 is 0 Å². The van der Waals surface area contributed by atoms with Crippen LogP contribution in [0, 0.1) is 0 Å². The Morgan fingerprint density at radius 3 is 2.44 bits per heavy atom. The van der Waals surface area contributed by atoms with Crippen molar-refractivity contribution in [3.05, 3.63) is 29.8 Å². The minimum atomic E-state index is -1.26. The molecule has 6 heteroatoms. The molecule has 16 heavy (non-hydrogen) atoms. The molecule has 0 aliphatic heterocycles. The number of carbonyl (C=O) groups excluding carboxylic acids is 1. The first-order valence-electron chi connectivity index (χ1n) is 4.08. The number of aliphatic carboxylic acids is 1. The Hall–Kier alpha value is -1.26. The topological polar surface area (TPSA) is 107 Å². The number of aliphatic imine (C=N–C) groups is 1. The quantitative estimate of drug-likeness (QED) is 0.494. The molecule has 0 bridgehead atoms. The normalized spacial score (nSPS) is 9.94. The van der Waals surface area contributed by atoms with E-state index in [0.717, 1.165) is 0 Å². The second-order valence-electron chi connectivity index (χ2n) is 2.77. The summed E-state index contributed by atoms with van der Waals surface area (Å²) < 4.78 is 0. The summed E-state index contributed by atoms with van der Waals surface area (Å²) in [5.74, 6) is -1.42. The van der Waals surface area contributed by atoms with E-state index in [2.05, 4.69) is 4.99 Å². The fourth-order valence-electron chi connectivity index (χ4n) is 1.03. The van der Waals surface area contributed by atoms with E-state index >= 15 is 0 Å². The van der Waals surface area contributed by atoms with Gasteiger partial charge in [-0.3, -0.25) is 4.99 Å². The smallest absolute Gasteiger partial charge is 0.872 e. The predicted molar refractivity (Wildman–Crippen MR) is 51.6 cm³/mol. The van der Waals surface area contributed by atoms with E-state index in [1.165, 1.54) is 6.07 Å². The number of benzene rings is 1. The first-order valence-corrected chi connectivity index (χ1v) is 4.08. The van der Waals surface area contributed by atoms with Gasteiger partial charge in [0, 0.05) is 5.71 Å². The van der Waals surface area contributed by atoms with Crippen molar-refractivity contribution >= 4 is 11.7 Å². The molecule has 0 saturated heterocycles. The Morgan fingerprint density at radius 2 is 1.94 bits per heavy atom. The molecule has 0 amide bonds. The van der Waals surface area contributed by atoms with Crippen molar-refractivity contribution in [1.29, 1.82) is 0 Å². The van der Waals surface area contributed by atoms with Crippen LogP contribution in [-0.4, -0.2) is 23.7 Å². The van der Waals surface area contributed by atoms with Crippen molar-refractivity contribution in [2.24, 2.45) is 4.99 Å². The SMILES string of the molecule is CC(=NCC(=O)[O-])c1ccccc1[O-].O.[Zn+2]. The van der Waals surface area contributed by atoms with Gasteiger partial charge in [-0.15, -0.1) is 0 Å². The molecule has 2 N–H and O–H groups in total. The number of hydrogen-bond donors (Lipinski definition) is 0. The fourth-order valence-corrected chi connectivity index (χ4v) is 1.03. The van der Waals surface area contributed by atoms with Crippen molar-refractivity contribution in [3.63, 3.8) is 0 Å². The zero-order chi connectivity index (χ0) is 10.6. The third-order valence-electron chi connectivity index (χ3n) is 1.72. The Balaban J connectivity index is 0. The maximum Gasteiger partial charge on any atom is 2.00 e. The number of nitrogens with zero attached hydrogens (tertiary/aromatic N) is 1. The summed E-state index contributed by atoms with van der Waals surface area (Å²) in [7, 11) is 0. The Kier molecular flexibility index (Phi) is 8.53. The molecule has 82 valence electrons. The number of rotatable bonds is 3. The van der Waals surface area contributed by atoms with Crippen molar-refractivity contribution in [3.8, 4) is 5.75 Å². The van der Waals surface area contributed by atoms with Gasteiger partial charge < -0.3 is 20.5 Å². The molecule has 1 rings (SSSR count). The summed E-state index contributed by atoms with van der Waals surface area (Å²) in [6.07, 6.45) is 0. The zero-order valence-corrected chi connectivity index (χ0v) is 11.9. The van der Waals surface area contributed by atoms with Gasteiger partial charge in [-0.05, 0) is 12.5 Å². The number of hydrogen-bond acceptors (Lipinski definition) is 4. The van der Waals surface area contributed by atoms with Crippen LogP contribution in [0.25, 0.3) is 0 Å². The van der Waals surface area contributed by atoms with Gasteiger partial charge in [-0.2, -0.15) is 0 Å². The van der Waals surface area contributed by atoms with Gasteiger partial charge in [-0.1, -0.05) is 30.0 Å². The monoisotopic (exact) mass is 273 g/mol. The fraction of sp³-hybridized carbons (Fsp3) is 0.200. The van der Waals surface area contributed by atoms with E-state index in [9.17, 15) is 15.0 Å². The standard InChI is InChI=1S/C10H11NO3.H2O.Zn/c1-7(11-6-10(13)14)8-4-2-3-5-9(8)12;;/h2-5,12H,6H2,1H3,(H,13,14);1H2;/q;;+2/p-2. The molecule has 1 aromatic carbocycles. The first kappa shape index (κ1) is 17.1. The van der Waals surface area contributed by atoms with E-state index in [0.29, 0.717) is 11.3 Å². The molecule has 0 fully saturated rings. The van der Waals surface area contributed by atoms with Gasteiger partial charge >= 0.3 is 19.5 Å². The number of carbonyl (C=O) groups is 1. The minimum absolute atomic E-state index is 0. The third kappa shape index (κ3) is 5.00. The molecule has 0 spiro atoms. The van der Waals surface area contributed by atoms with Crippen molar-refractivity contribution in [2.75, 3.05) is 6.54 Å². The van der Waals surface area contributed by atoms with Crippen LogP contribution in [0.3, 0.4) is 0 Å². The van der Waals surface area contributed by atoms with Crippen molar-refractivity contribution in [2.45, 2.75) is 6.92 Å². The molecule has 1 aromatic rings.